The highest BCUT2D eigenvalue weighted by Gasteiger charge is 2.17. The highest BCUT2D eigenvalue weighted by atomic mass is 127. The molecule has 0 saturated carbocycles. The molecule has 1 heterocycles. The number of ether oxygens (including phenoxy) is 1. The number of hydrogen-bond acceptors (Lipinski definition) is 3. The van der Waals surface area contributed by atoms with Crippen LogP contribution in [0.1, 0.15) is 28.4 Å². The third-order valence-electron chi connectivity index (χ3n) is 5.63. The van der Waals surface area contributed by atoms with E-state index in [-0.39, 0.29) is 39.6 Å². The first-order chi connectivity index (χ1) is 17.1. The molecule has 0 aromatic heterocycles. The van der Waals surface area contributed by atoms with Gasteiger partial charge in [-0.2, -0.15) is 0 Å². The molecule has 0 spiro atoms. The summed E-state index contributed by atoms with van der Waals surface area (Å²) in [6.45, 7) is 0.692. The summed E-state index contributed by atoms with van der Waals surface area (Å²) in [6, 6.07) is 25.5. The minimum absolute atomic E-state index is 0.0565. The number of allylic oxidation sites excluding steroid dienone is 4. The molecule has 3 aromatic carbocycles. The lowest BCUT2D eigenvalue weighted by molar-refractivity contribution is -0.130. The van der Waals surface area contributed by atoms with Crippen LogP contribution in [0.2, 0.25) is 0 Å². The first-order valence-corrected chi connectivity index (χ1v) is 13.8. The van der Waals surface area contributed by atoms with Crippen molar-refractivity contribution < 1.29 is 14.6 Å². The minimum Gasteiger partial charge on any atom is -0.489 e. The number of carbonyl (C=O) groups is 1. The second-order valence-electron chi connectivity index (χ2n) is 8.33. The van der Waals surface area contributed by atoms with Gasteiger partial charge in [0.1, 0.15) is 12.4 Å². The van der Waals surface area contributed by atoms with Crippen LogP contribution in [-0.4, -0.2) is 33.2 Å². The molecule has 1 aliphatic heterocycles. The SMILES string of the molecule is CN(C[C@@H](O)c1ccccc1)C(=O)Cc1cc(OCc2ccccc2)cc(C2=CI=C=CC=C2)c1. The van der Waals surface area contributed by atoms with Crippen LogP contribution in [0.5, 0.6) is 5.75 Å². The molecule has 0 fully saturated rings. The first-order valence-electron chi connectivity index (χ1n) is 11.4. The molecule has 1 N–H and O–H groups in total. The number of likely N-dealkylation sites (N-methyl/N-ethyl adjacent to an activating group) is 1. The zero-order valence-corrected chi connectivity index (χ0v) is 21.8. The Kier molecular flexibility index (Phi) is 8.85. The number of hydrogen-bond donors (Lipinski definition) is 1. The largest absolute Gasteiger partial charge is 0.489 e. The molecule has 4 nitrogen and oxygen atoms in total. The van der Waals surface area contributed by atoms with Crippen molar-refractivity contribution in [3.8, 4) is 5.75 Å². The Balaban J connectivity index is 1.51. The van der Waals surface area contributed by atoms with E-state index in [1.165, 1.54) is 0 Å². The molecule has 1 atom stereocenters. The van der Waals surface area contributed by atoms with Crippen LogP contribution in [-0.2, 0) is 17.8 Å². The van der Waals surface area contributed by atoms with Crippen molar-refractivity contribution in [2.45, 2.75) is 19.1 Å². The molecule has 0 radical (unpaired) electrons. The van der Waals surface area contributed by atoms with Crippen LogP contribution < -0.4 is 4.74 Å². The number of rotatable bonds is 9. The standard InChI is InChI=1S/C30H28INO3/c1-32(21-29(33)25-12-6-3-7-13-25)30(34)18-24-16-27(26-14-8-9-15-31-20-26)19-28(17-24)35-22-23-10-4-2-5-11-23/h2-14,16-17,19-20,29,33H,18,21-22H2,1H3/t29-/m1/s1. The zero-order chi connectivity index (χ0) is 24.5. The number of amides is 1. The minimum atomic E-state index is -0.727. The van der Waals surface area contributed by atoms with Gasteiger partial charge >= 0.3 is 0 Å². The number of halogens is 1. The second-order valence-corrected chi connectivity index (χ2v) is 10.2. The molecule has 1 aliphatic rings. The fraction of sp³-hybridized carbons (Fsp3) is 0.167. The van der Waals surface area contributed by atoms with Gasteiger partial charge < -0.3 is 14.7 Å². The van der Waals surface area contributed by atoms with Crippen molar-refractivity contribution in [2.75, 3.05) is 13.6 Å². The molecule has 0 unspecified atom stereocenters. The molecule has 178 valence electrons. The highest BCUT2D eigenvalue weighted by Crippen LogP contribution is 2.28. The summed E-state index contributed by atoms with van der Waals surface area (Å²) in [5.74, 6) is 0.675. The maximum Gasteiger partial charge on any atom is 0.226 e. The smallest absolute Gasteiger partial charge is 0.226 e. The summed E-state index contributed by atoms with van der Waals surface area (Å²) in [5.41, 5.74) is 4.91. The summed E-state index contributed by atoms with van der Waals surface area (Å²) in [6.07, 6.45) is 5.53. The molecule has 0 aliphatic carbocycles. The van der Waals surface area contributed by atoms with E-state index in [2.05, 4.69) is 19.9 Å². The normalized spacial score (nSPS) is 13.4. The van der Waals surface area contributed by atoms with Crippen molar-refractivity contribution in [3.63, 3.8) is 0 Å². The molecule has 0 bridgehead atoms. The van der Waals surface area contributed by atoms with Gasteiger partial charge in [0.25, 0.3) is 0 Å². The van der Waals surface area contributed by atoms with Crippen LogP contribution in [0.4, 0.5) is 0 Å². The Labute approximate surface area is 216 Å². The predicted octanol–water partition coefficient (Wildman–Crippen LogP) is 5.84. The first kappa shape index (κ1) is 24.9. The van der Waals surface area contributed by atoms with Crippen molar-refractivity contribution in [1.29, 1.82) is 0 Å². The van der Waals surface area contributed by atoms with Gasteiger partial charge in [-0.25, -0.2) is 0 Å². The van der Waals surface area contributed by atoms with E-state index in [9.17, 15) is 9.90 Å². The van der Waals surface area contributed by atoms with E-state index in [1.54, 1.807) is 11.9 Å². The van der Waals surface area contributed by atoms with Gasteiger partial charge in [-0.1, -0.05) is 82.5 Å². The monoisotopic (exact) mass is 577 g/mol. The third kappa shape index (κ3) is 7.36. The molecule has 0 saturated heterocycles. The summed E-state index contributed by atoms with van der Waals surface area (Å²) in [7, 11) is 1.73. The van der Waals surface area contributed by atoms with Gasteiger partial charge in [0.15, 0.2) is 0 Å². The van der Waals surface area contributed by atoms with Crippen LogP contribution in [0.3, 0.4) is 0 Å². The van der Waals surface area contributed by atoms with E-state index in [0.29, 0.717) is 6.61 Å². The van der Waals surface area contributed by atoms with Gasteiger partial charge in [-0.3, -0.25) is 4.79 Å². The van der Waals surface area contributed by atoms with Crippen molar-refractivity contribution in [3.05, 3.63) is 123 Å². The summed E-state index contributed by atoms with van der Waals surface area (Å²) in [4.78, 5) is 14.6. The van der Waals surface area contributed by atoms with E-state index < -0.39 is 6.10 Å². The topological polar surface area (TPSA) is 49.8 Å². The van der Waals surface area contributed by atoms with Crippen LogP contribution >= 0.6 is 20.7 Å². The Bertz CT molecular complexity index is 1280. The quantitative estimate of drug-likeness (QED) is 0.326. The average Bonchev–Trinajstić information content (AvgIpc) is 3.18. The van der Waals surface area contributed by atoms with Crippen molar-refractivity contribution in [1.82, 2.24) is 4.90 Å². The summed E-state index contributed by atoms with van der Waals surface area (Å²) in [5, 5.41) is 10.5. The average molecular weight is 577 g/mol. The highest BCUT2D eigenvalue weighted by molar-refractivity contribution is 14.2. The van der Waals surface area contributed by atoms with E-state index in [0.717, 1.165) is 33.6 Å². The van der Waals surface area contributed by atoms with E-state index in [4.69, 9.17) is 4.74 Å². The molecular formula is C30H28INO3. The van der Waals surface area contributed by atoms with Gasteiger partial charge in [0.05, 0.1) is 19.1 Å². The van der Waals surface area contributed by atoms with Crippen LogP contribution in [0.25, 0.3) is 5.57 Å². The Morgan fingerprint density at radius 1 is 1.03 bits per heavy atom. The summed E-state index contributed by atoms with van der Waals surface area (Å²) >= 11 is -0.278. The maximum atomic E-state index is 13.0. The van der Waals surface area contributed by atoms with E-state index >= 15 is 0 Å². The predicted molar refractivity (Wildman–Crippen MR) is 151 cm³/mol. The third-order valence-corrected chi connectivity index (χ3v) is 7.33. The Morgan fingerprint density at radius 2 is 1.77 bits per heavy atom. The van der Waals surface area contributed by atoms with Crippen molar-refractivity contribution >= 4 is 35.9 Å². The lowest BCUT2D eigenvalue weighted by Gasteiger charge is -2.21. The fourth-order valence-corrected chi connectivity index (χ4v) is 5.21. The molecule has 1 amide bonds. The van der Waals surface area contributed by atoms with Crippen LogP contribution in [0.15, 0.2) is 101 Å². The Hall–Kier alpha value is -3.25. The second kappa shape index (κ2) is 12.5. The number of aliphatic hydroxyl groups excluding tert-OH is 1. The number of aliphatic hydroxyl groups is 1. The molecule has 3 aromatic rings. The van der Waals surface area contributed by atoms with Gasteiger partial charge in [0, 0.05) is 7.05 Å². The fourth-order valence-electron chi connectivity index (χ4n) is 3.72. The molecular weight excluding hydrogens is 549 g/mol. The van der Waals surface area contributed by atoms with E-state index in [1.807, 2.05) is 84.9 Å². The zero-order valence-electron chi connectivity index (χ0n) is 19.6. The maximum absolute atomic E-state index is 13.0. The summed E-state index contributed by atoms with van der Waals surface area (Å²) < 4.78 is 11.7. The lowest BCUT2D eigenvalue weighted by atomic mass is 10.0. The molecule has 5 heteroatoms. The lowest BCUT2D eigenvalue weighted by Crippen LogP contribution is -2.32. The van der Waals surface area contributed by atoms with Crippen molar-refractivity contribution in [2.24, 2.45) is 0 Å². The number of benzene rings is 3. The van der Waals surface area contributed by atoms with Crippen LogP contribution in [0, 0.1) is 0 Å². The molecule has 4 rings (SSSR count). The van der Waals surface area contributed by atoms with Gasteiger partial charge in [0.2, 0.25) is 5.91 Å². The Morgan fingerprint density at radius 3 is 2.54 bits per heavy atom. The van der Waals surface area contributed by atoms with Gasteiger partial charge in [-0.15, -0.1) is 0 Å². The van der Waals surface area contributed by atoms with Gasteiger partial charge in [-0.05, 0) is 70.8 Å². The molecule has 35 heavy (non-hydrogen) atoms. The number of nitrogens with zero attached hydrogens (tertiary/aromatic N) is 1. The number of carbonyl (C=O) groups excluding carboxylic acids is 1.